The van der Waals surface area contributed by atoms with Gasteiger partial charge in [-0.15, -0.1) is 0 Å². The van der Waals surface area contributed by atoms with Gasteiger partial charge in [-0.3, -0.25) is 14.9 Å². The van der Waals surface area contributed by atoms with E-state index in [0.29, 0.717) is 33.1 Å². The number of hydrogen-bond donors (Lipinski definition) is 4. The van der Waals surface area contributed by atoms with Crippen LogP contribution in [0.2, 0.25) is 0 Å². The van der Waals surface area contributed by atoms with Crippen LogP contribution in [0.3, 0.4) is 0 Å². The monoisotopic (exact) mass is 789 g/mol. The van der Waals surface area contributed by atoms with Crippen molar-refractivity contribution >= 4 is 27.0 Å². The van der Waals surface area contributed by atoms with Crippen molar-refractivity contribution in [3.8, 4) is 28.7 Å². The van der Waals surface area contributed by atoms with Gasteiger partial charge in [-0.2, -0.15) is 0 Å². The normalized spacial score (nSPS) is 25.4. The van der Waals surface area contributed by atoms with Crippen LogP contribution >= 0.6 is 0 Å². The van der Waals surface area contributed by atoms with Crippen LogP contribution in [-0.2, 0) is 14.6 Å². The second-order valence-corrected chi connectivity index (χ2v) is 17.5. The molecule has 13 heteroatoms. The first-order valence-electron chi connectivity index (χ1n) is 18.8. The second kappa shape index (κ2) is 14.6. The maximum absolute atomic E-state index is 13.5. The highest BCUT2D eigenvalue weighted by Gasteiger charge is 2.66. The van der Waals surface area contributed by atoms with Crippen molar-refractivity contribution < 1.29 is 52.3 Å². The number of unbranched alkanes of at least 4 members (excludes halogenated alkanes) is 1. The lowest BCUT2D eigenvalue weighted by Crippen LogP contribution is -2.53. The summed E-state index contributed by atoms with van der Waals surface area (Å²) in [5, 5.41) is 36.5. The van der Waals surface area contributed by atoms with Crippen molar-refractivity contribution in [2.75, 3.05) is 27.1 Å². The van der Waals surface area contributed by atoms with Gasteiger partial charge in [0.1, 0.15) is 11.9 Å². The number of phenolic OH excluding ortho intramolecular Hbond substituents is 2. The third kappa shape index (κ3) is 6.06. The van der Waals surface area contributed by atoms with Crippen LogP contribution in [0.4, 0.5) is 0 Å². The number of aliphatic hydroxyl groups is 1. The topological polar surface area (TPSA) is 178 Å². The number of Topliss-reactive ketones (excluding diaryl/α,β-unsaturated/α-hetero) is 1. The second-order valence-electron chi connectivity index (χ2n) is 15.5. The van der Waals surface area contributed by atoms with E-state index in [1.54, 1.807) is 40.9 Å². The predicted molar refractivity (Wildman–Crippen MR) is 211 cm³/mol. The Morgan fingerprint density at radius 1 is 0.929 bits per heavy atom. The minimum Gasteiger partial charge on any atom is -0.504 e. The molecule has 0 amide bonds. The van der Waals surface area contributed by atoms with Crippen LogP contribution in [0.25, 0.3) is 5.57 Å². The van der Waals surface area contributed by atoms with Gasteiger partial charge in [0.2, 0.25) is 11.5 Å². The van der Waals surface area contributed by atoms with E-state index < -0.39 is 55.6 Å². The van der Waals surface area contributed by atoms with Gasteiger partial charge in [0.15, 0.2) is 44.2 Å². The molecule has 2 unspecified atom stereocenters. The lowest BCUT2D eigenvalue weighted by atomic mass is 9.63. The molecule has 1 saturated heterocycles. The van der Waals surface area contributed by atoms with Crippen molar-refractivity contribution in [3.05, 3.63) is 87.7 Å². The number of sulfone groups is 1. The smallest absolute Gasteiger partial charge is 0.207 e. The SMILES string of the molecule is CCCC[C@]1(CC)CS(=O)(=O)c2cc(OC)c(OC)cc2[C@@H](c2ccccc2)N1.COc1c(O)c2c3c(c1O)C(=O)C1(O)C(=C3C(C)=CC2=O)OC(C)C1(C)C. The van der Waals surface area contributed by atoms with Gasteiger partial charge >= 0.3 is 0 Å². The van der Waals surface area contributed by atoms with Gasteiger partial charge < -0.3 is 34.3 Å². The Morgan fingerprint density at radius 3 is 2.14 bits per heavy atom. The van der Waals surface area contributed by atoms with Crippen molar-refractivity contribution in [3.63, 3.8) is 0 Å². The van der Waals surface area contributed by atoms with Gasteiger partial charge in [0, 0.05) is 28.2 Å². The molecule has 0 radical (unpaired) electrons. The van der Waals surface area contributed by atoms with Gasteiger partial charge in [-0.1, -0.05) is 70.9 Å². The average Bonchev–Trinajstić information content (AvgIpc) is 3.29. The molecule has 2 aliphatic carbocycles. The molecule has 0 saturated carbocycles. The molecule has 0 bridgehead atoms. The molecule has 0 aromatic heterocycles. The average molecular weight is 790 g/mol. The van der Waals surface area contributed by atoms with Gasteiger partial charge in [-0.05, 0) is 55.5 Å². The fraction of sp³-hybridized carbons (Fsp3) is 0.442. The molecule has 12 nitrogen and oxygen atoms in total. The van der Waals surface area contributed by atoms with Crippen LogP contribution in [-0.4, -0.2) is 79.6 Å². The minimum atomic E-state index is -3.53. The zero-order chi connectivity index (χ0) is 41.1. The van der Waals surface area contributed by atoms with Crippen LogP contribution in [0.1, 0.15) is 111 Å². The fourth-order valence-corrected chi connectivity index (χ4v) is 10.6. The number of carbonyl (C=O) groups is 2. The summed E-state index contributed by atoms with van der Waals surface area (Å²) >= 11 is 0. The van der Waals surface area contributed by atoms with Gasteiger partial charge in [0.05, 0.1) is 49.1 Å². The van der Waals surface area contributed by atoms with Crippen molar-refractivity contribution in [2.45, 2.75) is 95.4 Å². The maximum Gasteiger partial charge on any atom is 0.207 e. The van der Waals surface area contributed by atoms with Crippen LogP contribution in [0, 0.1) is 5.41 Å². The molecule has 56 heavy (non-hydrogen) atoms. The van der Waals surface area contributed by atoms with Crippen LogP contribution in [0.15, 0.2) is 64.8 Å². The molecule has 4 atom stereocenters. The highest BCUT2D eigenvalue weighted by atomic mass is 32.2. The Hall–Kier alpha value is -4.85. The highest BCUT2D eigenvalue weighted by molar-refractivity contribution is 7.91. The molecule has 7 rings (SSSR count). The van der Waals surface area contributed by atoms with E-state index in [0.717, 1.165) is 31.2 Å². The number of benzene rings is 3. The van der Waals surface area contributed by atoms with Crippen LogP contribution in [0.5, 0.6) is 28.7 Å². The number of ether oxygens (including phenoxy) is 4. The predicted octanol–water partition coefficient (Wildman–Crippen LogP) is 6.84. The zero-order valence-electron chi connectivity index (χ0n) is 33.3. The number of carbonyl (C=O) groups excluding carboxylic acids is 2. The molecule has 4 N–H and O–H groups in total. The summed E-state index contributed by atoms with van der Waals surface area (Å²) in [5.74, 6) is -1.77. The molecular formula is C43H51NO11S. The zero-order valence-corrected chi connectivity index (χ0v) is 34.1. The number of aromatic hydroxyl groups is 2. The number of phenols is 2. The van der Waals surface area contributed by atoms with Gasteiger partial charge in [-0.25, -0.2) is 8.42 Å². The quantitative estimate of drug-likeness (QED) is 0.187. The standard InChI is InChI=1S/C23H31NO4S.C20H20O7/c1-5-7-13-23(6-2)16-29(25,26)21-15-20(28-4)19(27-3)14-18(21)22(24-23)17-11-9-8-10-12-17;1-7-6-9(21)11-12-10(7)18-20(25,19(3,4)8(2)27-18)17(24)13(12)15(23)16(26-5)14(11)22/h8-12,14-15,22,24H,5-7,13,16H2,1-4H3;6,8,22-23,25H,1-5H3/t22-,23-;/m1./s1. The number of methoxy groups -OCH3 is 3. The van der Waals surface area contributed by atoms with Crippen LogP contribution < -0.4 is 19.5 Å². The van der Waals surface area contributed by atoms with E-state index in [-0.39, 0.29) is 40.0 Å². The summed E-state index contributed by atoms with van der Waals surface area (Å²) in [6, 6.07) is 13.2. The van der Waals surface area contributed by atoms with Crippen molar-refractivity contribution in [1.29, 1.82) is 0 Å². The minimum absolute atomic E-state index is 0.0453. The number of ketones is 2. The molecule has 4 aliphatic rings. The van der Waals surface area contributed by atoms with E-state index in [9.17, 15) is 33.3 Å². The third-order valence-corrected chi connectivity index (χ3v) is 14.1. The van der Waals surface area contributed by atoms with E-state index >= 15 is 0 Å². The first kappa shape index (κ1) is 40.8. The Kier molecular flexibility index (Phi) is 10.6. The molecule has 3 aromatic rings. The molecule has 1 fully saturated rings. The summed E-state index contributed by atoms with van der Waals surface area (Å²) in [5.41, 5.74) is -1.27. The summed E-state index contributed by atoms with van der Waals surface area (Å²) in [6.07, 6.45) is 4.34. The largest absolute Gasteiger partial charge is 0.504 e. The summed E-state index contributed by atoms with van der Waals surface area (Å²) in [6.45, 7) is 11.0. The Bertz CT molecular complexity index is 2280. The Labute approximate surface area is 328 Å². The van der Waals surface area contributed by atoms with Gasteiger partial charge in [0.25, 0.3) is 0 Å². The van der Waals surface area contributed by atoms with E-state index in [4.69, 9.17) is 18.9 Å². The van der Waals surface area contributed by atoms with E-state index in [1.165, 1.54) is 20.3 Å². The molecule has 2 aliphatic heterocycles. The van der Waals surface area contributed by atoms with E-state index in [1.807, 2.05) is 36.4 Å². The molecule has 2 heterocycles. The summed E-state index contributed by atoms with van der Waals surface area (Å²) < 4.78 is 48.9. The van der Waals surface area contributed by atoms with E-state index in [2.05, 4.69) is 19.2 Å². The van der Waals surface area contributed by atoms with Crippen molar-refractivity contribution in [2.24, 2.45) is 5.41 Å². The lowest BCUT2D eigenvalue weighted by Gasteiger charge is -2.39. The van der Waals surface area contributed by atoms with Crippen molar-refractivity contribution in [1.82, 2.24) is 5.32 Å². The Morgan fingerprint density at radius 2 is 1.55 bits per heavy atom. The summed E-state index contributed by atoms with van der Waals surface area (Å²) in [4.78, 5) is 26.4. The molecule has 3 aromatic carbocycles. The first-order valence-corrected chi connectivity index (χ1v) is 20.4. The Balaban J connectivity index is 0.000000190. The number of rotatable bonds is 8. The molecule has 300 valence electrons. The number of fused-ring (bicyclic) bond motifs is 2. The lowest BCUT2D eigenvalue weighted by molar-refractivity contribution is -0.00670. The number of allylic oxidation sites excluding steroid dienone is 3. The number of nitrogens with one attached hydrogen (secondary N) is 1. The first-order chi connectivity index (χ1) is 26.4. The highest BCUT2D eigenvalue weighted by Crippen LogP contribution is 2.61. The third-order valence-electron chi connectivity index (χ3n) is 12.1. The summed E-state index contributed by atoms with van der Waals surface area (Å²) in [7, 11) is 0.774. The maximum atomic E-state index is 13.5. The number of hydrogen-bond acceptors (Lipinski definition) is 12. The molecule has 0 spiro atoms. The fourth-order valence-electron chi connectivity index (χ4n) is 8.44. The molecular weight excluding hydrogens is 739 g/mol.